The Balaban J connectivity index is 2.15. The summed E-state index contributed by atoms with van der Waals surface area (Å²) in [5.74, 6) is 1.09. The molecule has 1 fully saturated rings. The van der Waals surface area contributed by atoms with E-state index in [2.05, 4.69) is 15.2 Å². The zero-order valence-corrected chi connectivity index (χ0v) is 10.7. The van der Waals surface area contributed by atoms with Gasteiger partial charge in [-0.25, -0.2) is 4.98 Å². The van der Waals surface area contributed by atoms with Crippen molar-refractivity contribution >= 4 is 11.7 Å². The highest BCUT2D eigenvalue weighted by molar-refractivity contribution is 5.79. The zero-order valence-electron chi connectivity index (χ0n) is 10.7. The number of carbonyl (C=O) groups is 1. The molecule has 3 N–H and O–H groups in total. The van der Waals surface area contributed by atoms with Crippen LogP contribution in [0.2, 0.25) is 0 Å². The van der Waals surface area contributed by atoms with Crippen LogP contribution in [0.5, 0.6) is 0 Å². The van der Waals surface area contributed by atoms with Crippen LogP contribution in [0.1, 0.15) is 18.4 Å². The Hall–Kier alpha value is -1.62. The van der Waals surface area contributed by atoms with Crippen LogP contribution in [-0.4, -0.2) is 31.0 Å². The van der Waals surface area contributed by atoms with E-state index in [0.717, 1.165) is 37.3 Å². The van der Waals surface area contributed by atoms with Crippen LogP contribution in [0.15, 0.2) is 18.3 Å². The summed E-state index contributed by atoms with van der Waals surface area (Å²) in [6, 6.07) is 3.89. The lowest BCUT2D eigenvalue weighted by molar-refractivity contribution is -0.124. The molecule has 0 saturated carbocycles. The van der Waals surface area contributed by atoms with Gasteiger partial charge in [0.25, 0.3) is 0 Å². The van der Waals surface area contributed by atoms with Crippen LogP contribution in [0.25, 0.3) is 0 Å². The van der Waals surface area contributed by atoms with Gasteiger partial charge in [0, 0.05) is 38.4 Å². The fourth-order valence-electron chi connectivity index (χ4n) is 2.46. The van der Waals surface area contributed by atoms with Gasteiger partial charge in [0.2, 0.25) is 5.91 Å². The average Bonchev–Trinajstić information content (AvgIpc) is 2.46. The summed E-state index contributed by atoms with van der Waals surface area (Å²) in [6.45, 7) is 2.14. The molecule has 1 aliphatic rings. The van der Waals surface area contributed by atoms with Crippen LogP contribution >= 0.6 is 0 Å². The Morgan fingerprint density at radius 3 is 3.22 bits per heavy atom. The molecule has 0 radical (unpaired) electrons. The topological polar surface area (TPSA) is 71.2 Å². The van der Waals surface area contributed by atoms with E-state index >= 15 is 0 Å². The Labute approximate surface area is 107 Å². The number of piperidine rings is 1. The van der Waals surface area contributed by atoms with Gasteiger partial charge < -0.3 is 16.0 Å². The molecule has 0 aliphatic carbocycles. The number of carbonyl (C=O) groups excluding carboxylic acids is 1. The summed E-state index contributed by atoms with van der Waals surface area (Å²) in [4.78, 5) is 18.3. The second-order valence-corrected chi connectivity index (χ2v) is 4.59. The van der Waals surface area contributed by atoms with E-state index in [1.54, 1.807) is 13.2 Å². The van der Waals surface area contributed by atoms with E-state index in [0.29, 0.717) is 6.54 Å². The lowest BCUT2D eigenvalue weighted by Crippen LogP contribution is -2.42. The highest BCUT2D eigenvalue weighted by Crippen LogP contribution is 2.24. The molecule has 0 bridgehead atoms. The predicted octanol–water partition coefficient (Wildman–Crippen LogP) is 0.503. The first kappa shape index (κ1) is 12.8. The molecule has 1 aliphatic heterocycles. The molecular weight excluding hydrogens is 228 g/mol. The number of pyridine rings is 1. The molecule has 1 unspecified atom stereocenters. The minimum atomic E-state index is 0.0522. The third-order valence-corrected chi connectivity index (χ3v) is 3.43. The third kappa shape index (κ3) is 2.61. The monoisotopic (exact) mass is 248 g/mol. The summed E-state index contributed by atoms with van der Waals surface area (Å²) in [5.41, 5.74) is 6.77. The van der Waals surface area contributed by atoms with E-state index < -0.39 is 0 Å². The molecule has 1 saturated heterocycles. The van der Waals surface area contributed by atoms with E-state index in [9.17, 15) is 4.79 Å². The van der Waals surface area contributed by atoms with Crippen LogP contribution in [-0.2, 0) is 11.3 Å². The van der Waals surface area contributed by atoms with Gasteiger partial charge >= 0.3 is 0 Å². The number of hydrogen-bond donors (Lipinski definition) is 2. The van der Waals surface area contributed by atoms with E-state index in [4.69, 9.17) is 5.73 Å². The largest absolute Gasteiger partial charge is 0.359 e. The summed E-state index contributed by atoms with van der Waals surface area (Å²) in [5, 5.41) is 2.72. The van der Waals surface area contributed by atoms with Crippen molar-refractivity contribution in [2.75, 3.05) is 25.0 Å². The fourth-order valence-corrected chi connectivity index (χ4v) is 2.46. The molecule has 1 aromatic rings. The van der Waals surface area contributed by atoms with E-state index in [1.165, 1.54) is 0 Å². The van der Waals surface area contributed by atoms with Crippen molar-refractivity contribution in [3.05, 3.63) is 23.9 Å². The van der Waals surface area contributed by atoms with Crippen molar-refractivity contribution in [2.45, 2.75) is 19.4 Å². The van der Waals surface area contributed by atoms with Crippen LogP contribution < -0.4 is 16.0 Å². The third-order valence-electron chi connectivity index (χ3n) is 3.43. The highest BCUT2D eigenvalue weighted by Gasteiger charge is 2.26. The van der Waals surface area contributed by atoms with Crippen LogP contribution in [0.3, 0.4) is 0 Å². The van der Waals surface area contributed by atoms with Gasteiger partial charge in [0.05, 0.1) is 5.92 Å². The maximum absolute atomic E-state index is 11.7. The number of nitrogens with two attached hydrogens (primary N) is 1. The van der Waals surface area contributed by atoms with Crippen molar-refractivity contribution in [3.8, 4) is 0 Å². The van der Waals surface area contributed by atoms with Crippen molar-refractivity contribution < 1.29 is 4.79 Å². The van der Waals surface area contributed by atoms with Crippen molar-refractivity contribution in [1.82, 2.24) is 10.3 Å². The van der Waals surface area contributed by atoms with Crippen LogP contribution in [0, 0.1) is 5.92 Å². The second kappa shape index (κ2) is 5.82. The molecule has 1 amide bonds. The molecule has 0 spiro atoms. The first-order valence-electron chi connectivity index (χ1n) is 6.36. The number of nitrogens with zero attached hydrogens (tertiary/aromatic N) is 2. The first-order chi connectivity index (χ1) is 8.76. The normalized spacial score (nSPS) is 19.7. The molecule has 0 aromatic carbocycles. The Bertz CT molecular complexity index is 421. The van der Waals surface area contributed by atoms with Crippen molar-refractivity contribution in [2.24, 2.45) is 11.7 Å². The number of rotatable bonds is 3. The molecule has 5 heteroatoms. The minimum absolute atomic E-state index is 0.0522. The molecule has 2 heterocycles. The maximum Gasteiger partial charge on any atom is 0.224 e. The first-order valence-corrected chi connectivity index (χ1v) is 6.36. The van der Waals surface area contributed by atoms with Gasteiger partial charge in [0.1, 0.15) is 5.82 Å². The maximum atomic E-state index is 11.7. The summed E-state index contributed by atoms with van der Waals surface area (Å²) in [7, 11) is 1.69. The zero-order chi connectivity index (χ0) is 13.0. The standard InChI is InChI=1S/C13H20N4O/c1-15-13(18)11-5-3-7-17(9-11)12-10(8-14)4-2-6-16-12/h2,4,6,11H,3,5,7-9,14H2,1H3,(H,15,18). The molecule has 2 rings (SSSR count). The lowest BCUT2D eigenvalue weighted by Gasteiger charge is -2.33. The second-order valence-electron chi connectivity index (χ2n) is 4.59. The summed E-state index contributed by atoms with van der Waals surface area (Å²) < 4.78 is 0. The van der Waals surface area contributed by atoms with Gasteiger partial charge in [0.15, 0.2) is 0 Å². The Morgan fingerprint density at radius 1 is 1.67 bits per heavy atom. The average molecular weight is 248 g/mol. The SMILES string of the molecule is CNC(=O)C1CCCN(c2ncccc2CN)C1. The van der Waals surface area contributed by atoms with Gasteiger partial charge in [-0.2, -0.15) is 0 Å². The quantitative estimate of drug-likeness (QED) is 0.817. The van der Waals surface area contributed by atoms with Gasteiger partial charge in [-0.3, -0.25) is 4.79 Å². The van der Waals surface area contributed by atoms with Crippen LogP contribution in [0.4, 0.5) is 5.82 Å². The lowest BCUT2D eigenvalue weighted by atomic mass is 9.97. The van der Waals surface area contributed by atoms with Gasteiger partial charge in [-0.05, 0) is 18.9 Å². The number of nitrogens with one attached hydrogen (secondary N) is 1. The number of aromatic nitrogens is 1. The molecule has 98 valence electrons. The Morgan fingerprint density at radius 2 is 2.50 bits per heavy atom. The van der Waals surface area contributed by atoms with E-state index in [-0.39, 0.29) is 11.8 Å². The number of amides is 1. The summed E-state index contributed by atoms with van der Waals surface area (Å²) in [6.07, 6.45) is 3.73. The predicted molar refractivity (Wildman–Crippen MR) is 71.1 cm³/mol. The molecule has 1 aromatic heterocycles. The van der Waals surface area contributed by atoms with Gasteiger partial charge in [-0.1, -0.05) is 6.07 Å². The van der Waals surface area contributed by atoms with Crippen molar-refractivity contribution in [1.29, 1.82) is 0 Å². The van der Waals surface area contributed by atoms with E-state index in [1.807, 2.05) is 12.1 Å². The smallest absolute Gasteiger partial charge is 0.224 e. The number of hydrogen-bond acceptors (Lipinski definition) is 4. The molecular formula is C13H20N4O. The van der Waals surface area contributed by atoms with Crippen molar-refractivity contribution in [3.63, 3.8) is 0 Å². The summed E-state index contributed by atoms with van der Waals surface area (Å²) >= 11 is 0. The molecule has 18 heavy (non-hydrogen) atoms. The minimum Gasteiger partial charge on any atom is -0.359 e. The molecule has 1 atom stereocenters. The highest BCUT2D eigenvalue weighted by atomic mass is 16.1. The molecule has 5 nitrogen and oxygen atoms in total. The Kier molecular flexibility index (Phi) is 4.15. The van der Waals surface area contributed by atoms with Gasteiger partial charge in [-0.15, -0.1) is 0 Å². The number of anilines is 1. The fraction of sp³-hybridized carbons (Fsp3) is 0.538.